The molecule has 1 N–H and O–H groups in total. The Morgan fingerprint density at radius 3 is 2.79 bits per heavy atom. The molecule has 0 bridgehead atoms. The number of fused-ring (bicyclic) bond motifs is 1. The Balaban J connectivity index is 2.42. The zero-order valence-electron chi connectivity index (χ0n) is 10.1. The topological polar surface area (TPSA) is 24.9 Å². The summed E-state index contributed by atoms with van der Waals surface area (Å²) in [6.07, 6.45) is 1.85. The third kappa shape index (κ3) is 2.18. The van der Waals surface area contributed by atoms with Crippen LogP contribution in [0.4, 0.5) is 5.82 Å². The molecular weight excluding hydrogens is 299 g/mol. The maximum absolute atomic E-state index is 6.32. The van der Waals surface area contributed by atoms with E-state index in [0.717, 1.165) is 27.0 Å². The van der Waals surface area contributed by atoms with E-state index in [2.05, 4.69) is 16.4 Å². The van der Waals surface area contributed by atoms with Crippen LogP contribution in [-0.2, 0) is 0 Å². The third-order valence-corrected chi connectivity index (χ3v) is 4.35. The summed E-state index contributed by atoms with van der Waals surface area (Å²) in [6.45, 7) is 0. The molecule has 0 fully saturated rings. The van der Waals surface area contributed by atoms with Gasteiger partial charge in [-0.1, -0.05) is 29.3 Å². The van der Waals surface area contributed by atoms with E-state index in [1.54, 1.807) is 17.4 Å². The zero-order chi connectivity index (χ0) is 13.4. The molecule has 96 valence electrons. The van der Waals surface area contributed by atoms with Crippen molar-refractivity contribution in [2.45, 2.75) is 0 Å². The molecule has 1 aromatic carbocycles. The van der Waals surface area contributed by atoms with Crippen LogP contribution in [-0.4, -0.2) is 12.0 Å². The minimum absolute atomic E-state index is 0.609. The molecule has 0 amide bonds. The van der Waals surface area contributed by atoms with E-state index < -0.39 is 0 Å². The molecular formula is C14H10Cl2N2S. The molecule has 5 heteroatoms. The summed E-state index contributed by atoms with van der Waals surface area (Å²) in [6, 6.07) is 7.76. The Morgan fingerprint density at radius 1 is 1.26 bits per heavy atom. The lowest BCUT2D eigenvalue weighted by Crippen LogP contribution is -1.95. The van der Waals surface area contributed by atoms with Crippen molar-refractivity contribution in [3.05, 3.63) is 45.9 Å². The molecule has 0 aliphatic carbocycles. The van der Waals surface area contributed by atoms with E-state index in [1.807, 2.05) is 30.8 Å². The molecule has 0 saturated carbocycles. The average molecular weight is 309 g/mol. The van der Waals surface area contributed by atoms with E-state index in [-0.39, 0.29) is 0 Å². The second kappa shape index (κ2) is 5.00. The molecule has 3 rings (SSSR count). The molecule has 0 aliphatic heterocycles. The highest BCUT2D eigenvalue weighted by atomic mass is 35.5. The predicted molar refractivity (Wildman–Crippen MR) is 84.6 cm³/mol. The standard InChI is InChI=1S/C14H10Cl2N2S/c1-17-14-13-9(5-8(15)6-11(13)16)10(7-18-14)12-3-2-4-19-12/h2-7H,1H3,(H,17,18). The largest absolute Gasteiger partial charge is 0.373 e. The number of nitrogens with one attached hydrogen (secondary N) is 1. The number of halogens is 2. The number of pyridine rings is 1. The summed E-state index contributed by atoms with van der Waals surface area (Å²) in [5.74, 6) is 0.761. The maximum Gasteiger partial charge on any atom is 0.135 e. The van der Waals surface area contributed by atoms with Crippen LogP contribution in [0, 0.1) is 0 Å². The van der Waals surface area contributed by atoms with Gasteiger partial charge >= 0.3 is 0 Å². The first-order chi connectivity index (χ1) is 9.20. The Hall–Kier alpha value is -1.29. The molecule has 2 nitrogen and oxygen atoms in total. The number of anilines is 1. The monoisotopic (exact) mass is 308 g/mol. The van der Waals surface area contributed by atoms with Crippen LogP contribution >= 0.6 is 34.5 Å². The van der Waals surface area contributed by atoms with Gasteiger partial charge < -0.3 is 5.32 Å². The molecule has 19 heavy (non-hydrogen) atoms. The lowest BCUT2D eigenvalue weighted by atomic mass is 10.1. The summed E-state index contributed by atoms with van der Waals surface area (Å²) >= 11 is 14.1. The zero-order valence-corrected chi connectivity index (χ0v) is 12.4. The molecule has 0 aliphatic rings. The van der Waals surface area contributed by atoms with Gasteiger partial charge in [0.25, 0.3) is 0 Å². The van der Waals surface area contributed by atoms with E-state index >= 15 is 0 Å². The van der Waals surface area contributed by atoms with Crippen molar-refractivity contribution >= 4 is 51.1 Å². The van der Waals surface area contributed by atoms with Gasteiger partial charge in [-0.05, 0) is 29.0 Å². The van der Waals surface area contributed by atoms with E-state index in [1.165, 1.54) is 0 Å². The Labute approximate surface area is 125 Å². The fourth-order valence-corrected chi connectivity index (χ4v) is 3.44. The van der Waals surface area contributed by atoms with Gasteiger partial charge in [0, 0.05) is 34.1 Å². The van der Waals surface area contributed by atoms with Crippen molar-refractivity contribution in [3.8, 4) is 10.4 Å². The Kier molecular flexibility index (Phi) is 3.35. The van der Waals surface area contributed by atoms with Crippen molar-refractivity contribution in [3.63, 3.8) is 0 Å². The minimum Gasteiger partial charge on any atom is -0.373 e. The second-order valence-electron chi connectivity index (χ2n) is 4.06. The predicted octanol–water partition coefficient (Wildman–Crippen LogP) is 5.31. The molecule has 0 radical (unpaired) electrons. The molecule has 0 unspecified atom stereocenters. The fourth-order valence-electron chi connectivity index (χ4n) is 2.11. The quantitative estimate of drug-likeness (QED) is 0.693. The van der Waals surface area contributed by atoms with Crippen LogP contribution < -0.4 is 5.32 Å². The number of benzene rings is 1. The lowest BCUT2D eigenvalue weighted by Gasteiger charge is -2.11. The maximum atomic E-state index is 6.32. The van der Waals surface area contributed by atoms with Crippen molar-refractivity contribution in [1.82, 2.24) is 4.98 Å². The van der Waals surface area contributed by atoms with Gasteiger partial charge in [-0.2, -0.15) is 0 Å². The molecule has 0 saturated heterocycles. The molecule has 0 spiro atoms. The number of thiophene rings is 1. The average Bonchev–Trinajstić information content (AvgIpc) is 2.90. The number of hydrogen-bond donors (Lipinski definition) is 1. The van der Waals surface area contributed by atoms with Crippen molar-refractivity contribution < 1.29 is 0 Å². The van der Waals surface area contributed by atoms with E-state index in [0.29, 0.717) is 10.0 Å². The van der Waals surface area contributed by atoms with Crippen LogP contribution in [0.25, 0.3) is 21.2 Å². The third-order valence-electron chi connectivity index (χ3n) is 2.93. The number of nitrogens with zero attached hydrogens (tertiary/aromatic N) is 1. The number of aromatic nitrogens is 1. The Morgan fingerprint density at radius 2 is 2.11 bits per heavy atom. The van der Waals surface area contributed by atoms with Gasteiger partial charge in [0.2, 0.25) is 0 Å². The minimum atomic E-state index is 0.609. The van der Waals surface area contributed by atoms with Crippen LogP contribution in [0.1, 0.15) is 0 Å². The molecule has 0 atom stereocenters. The van der Waals surface area contributed by atoms with Crippen molar-refractivity contribution in [2.24, 2.45) is 0 Å². The van der Waals surface area contributed by atoms with E-state index in [9.17, 15) is 0 Å². The normalized spacial score (nSPS) is 10.9. The highest BCUT2D eigenvalue weighted by Crippen LogP contribution is 2.39. The van der Waals surface area contributed by atoms with Gasteiger partial charge in [-0.3, -0.25) is 0 Å². The number of hydrogen-bond acceptors (Lipinski definition) is 3. The number of rotatable bonds is 2. The van der Waals surface area contributed by atoms with Gasteiger partial charge in [0.05, 0.1) is 5.02 Å². The van der Waals surface area contributed by atoms with Crippen LogP contribution in [0.2, 0.25) is 10.0 Å². The summed E-state index contributed by atoms with van der Waals surface area (Å²) in [7, 11) is 1.83. The lowest BCUT2D eigenvalue weighted by molar-refractivity contribution is 1.32. The SMILES string of the molecule is CNc1ncc(-c2cccs2)c2cc(Cl)cc(Cl)c12. The first-order valence-corrected chi connectivity index (χ1v) is 7.33. The van der Waals surface area contributed by atoms with Gasteiger partial charge in [-0.15, -0.1) is 11.3 Å². The Bertz CT molecular complexity index is 739. The smallest absolute Gasteiger partial charge is 0.135 e. The highest BCUT2D eigenvalue weighted by Gasteiger charge is 2.13. The van der Waals surface area contributed by atoms with Crippen LogP contribution in [0.3, 0.4) is 0 Å². The first kappa shape index (κ1) is 12.7. The van der Waals surface area contributed by atoms with E-state index in [4.69, 9.17) is 23.2 Å². The van der Waals surface area contributed by atoms with Gasteiger partial charge in [0.15, 0.2) is 0 Å². The first-order valence-electron chi connectivity index (χ1n) is 5.70. The molecule has 3 aromatic rings. The van der Waals surface area contributed by atoms with Crippen LogP contribution in [0.15, 0.2) is 35.8 Å². The molecule has 2 heterocycles. The fraction of sp³-hybridized carbons (Fsp3) is 0.0714. The summed E-state index contributed by atoms with van der Waals surface area (Å²) < 4.78 is 0. The molecule has 2 aromatic heterocycles. The second-order valence-corrected chi connectivity index (χ2v) is 5.85. The highest BCUT2D eigenvalue weighted by molar-refractivity contribution is 7.13. The van der Waals surface area contributed by atoms with Gasteiger partial charge in [0.1, 0.15) is 5.82 Å². The van der Waals surface area contributed by atoms with Crippen LogP contribution in [0.5, 0.6) is 0 Å². The van der Waals surface area contributed by atoms with Crippen molar-refractivity contribution in [1.29, 1.82) is 0 Å². The van der Waals surface area contributed by atoms with Crippen molar-refractivity contribution in [2.75, 3.05) is 12.4 Å². The summed E-state index contributed by atoms with van der Waals surface area (Å²) in [5.41, 5.74) is 1.05. The van der Waals surface area contributed by atoms with Gasteiger partial charge in [-0.25, -0.2) is 4.98 Å². The summed E-state index contributed by atoms with van der Waals surface area (Å²) in [4.78, 5) is 5.59. The summed E-state index contributed by atoms with van der Waals surface area (Å²) in [5, 5.41) is 8.26.